The maximum Gasteiger partial charge on any atom is 0.254 e. The van der Waals surface area contributed by atoms with Crippen molar-refractivity contribution in [2.24, 2.45) is 7.05 Å². The number of rotatable bonds is 3. The number of fused-ring (bicyclic) bond motifs is 1. The van der Waals surface area contributed by atoms with E-state index in [4.69, 9.17) is 0 Å². The summed E-state index contributed by atoms with van der Waals surface area (Å²) in [5.74, 6) is 0.0695. The van der Waals surface area contributed by atoms with E-state index >= 15 is 0 Å². The molecule has 0 fully saturated rings. The molecule has 4 heteroatoms. The predicted molar refractivity (Wildman–Crippen MR) is 108 cm³/mol. The lowest BCUT2D eigenvalue weighted by atomic mass is 9.86. The van der Waals surface area contributed by atoms with Crippen LogP contribution in [0, 0.1) is 6.92 Å². The number of amides is 1. The standard InChI is InChI=1S/C23H25N3O/c1-16-21(15-25(2)24-16)18-10-6-11-19(14-18)23(27)26(3)22-13-7-9-17-8-4-5-12-20(17)22/h4-6,8,10-12,14-15,22H,7,9,13H2,1-3H3/t22-/m1/s1. The van der Waals surface area contributed by atoms with E-state index in [9.17, 15) is 4.79 Å². The minimum atomic E-state index is 0.0695. The van der Waals surface area contributed by atoms with Crippen molar-refractivity contribution in [1.82, 2.24) is 14.7 Å². The molecule has 1 aliphatic carbocycles. The summed E-state index contributed by atoms with van der Waals surface area (Å²) in [6.45, 7) is 1.99. The van der Waals surface area contributed by atoms with Crippen LogP contribution >= 0.6 is 0 Å². The second kappa shape index (κ2) is 7.03. The summed E-state index contributed by atoms with van der Waals surface area (Å²) in [6.07, 6.45) is 5.24. The molecule has 0 bridgehead atoms. The van der Waals surface area contributed by atoms with Crippen molar-refractivity contribution in [1.29, 1.82) is 0 Å². The van der Waals surface area contributed by atoms with Gasteiger partial charge in [-0.25, -0.2) is 0 Å². The Balaban J connectivity index is 1.64. The third kappa shape index (κ3) is 3.27. The first-order valence-corrected chi connectivity index (χ1v) is 9.50. The highest BCUT2D eigenvalue weighted by Crippen LogP contribution is 2.34. The Bertz CT molecular complexity index is 989. The molecule has 4 rings (SSSR count). The average molecular weight is 359 g/mol. The van der Waals surface area contributed by atoms with Crippen LogP contribution in [0.5, 0.6) is 0 Å². The lowest BCUT2D eigenvalue weighted by Gasteiger charge is -2.33. The number of hydrogen-bond acceptors (Lipinski definition) is 2. The summed E-state index contributed by atoms with van der Waals surface area (Å²) in [5.41, 5.74) is 6.45. The molecule has 0 radical (unpaired) electrons. The summed E-state index contributed by atoms with van der Waals surface area (Å²) >= 11 is 0. The van der Waals surface area contributed by atoms with Crippen molar-refractivity contribution < 1.29 is 4.79 Å². The second-order valence-corrected chi connectivity index (χ2v) is 7.41. The highest BCUT2D eigenvalue weighted by Gasteiger charge is 2.27. The Morgan fingerprint density at radius 2 is 2.00 bits per heavy atom. The number of carbonyl (C=O) groups is 1. The minimum Gasteiger partial charge on any atom is -0.335 e. The molecule has 0 N–H and O–H groups in total. The number of carbonyl (C=O) groups excluding carboxylic acids is 1. The number of hydrogen-bond donors (Lipinski definition) is 0. The maximum atomic E-state index is 13.2. The van der Waals surface area contributed by atoms with E-state index in [1.165, 1.54) is 11.1 Å². The van der Waals surface area contributed by atoms with Gasteiger partial charge in [0.25, 0.3) is 5.91 Å². The smallest absolute Gasteiger partial charge is 0.254 e. The fourth-order valence-corrected chi connectivity index (χ4v) is 4.18. The first-order valence-electron chi connectivity index (χ1n) is 9.50. The van der Waals surface area contributed by atoms with Crippen molar-refractivity contribution >= 4 is 5.91 Å². The molecule has 2 aromatic carbocycles. The zero-order valence-corrected chi connectivity index (χ0v) is 16.1. The zero-order valence-electron chi connectivity index (χ0n) is 16.1. The van der Waals surface area contributed by atoms with Crippen LogP contribution < -0.4 is 0 Å². The third-order valence-corrected chi connectivity index (χ3v) is 5.56. The van der Waals surface area contributed by atoms with Crippen molar-refractivity contribution in [2.45, 2.75) is 32.2 Å². The summed E-state index contributed by atoms with van der Waals surface area (Å²) in [6, 6.07) is 16.5. The Morgan fingerprint density at radius 3 is 2.78 bits per heavy atom. The zero-order chi connectivity index (χ0) is 19.0. The third-order valence-electron chi connectivity index (χ3n) is 5.56. The minimum absolute atomic E-state index is 0.0695. The first kappa shape index (κ1) is 17.5. The Labute approximate surface area is 160 Å². The molecular formula is C23H25N3O. The largest absolute Gasteiger partial charge is 0.335 e. The van der Waals surface area contributed by atoms with Gasteiger partial charge in [0, 0.05) is 31.4 Å². The Hall–Kier alpha value is -2.88. The quantitative estimate of drug-likeness (QED) is 0.688. The summed E-state index contributed by atoms with van der Waals surface area (Å²) in [5, 5.41) is 4.42. The van der Waals surface area contributed by atoms with Gasteiger partial charge in [-0.3, -0.25) is 9.48 Å². The predicted octanol–water partition coefficient (Wildman–Crippen LogP) is 4.55. The fraction of sp³-hybridized carbons (Fsp3) is 0.304. The molecule has 1 aliphatic rings. The van der Waals surface area contributed by atoms with Gasteiger partial charge in [0.15, 0.2) is 0 Å². The van der Waals surface area contributed by atoms with E-state index in [1.54, 1.807) is 0 Å². The molecule has 1 heterocycles. The number of nitrogens with zero attached hydrogens (tertiary/aromatic N) is 3. The van der Waals surface area contributed by atoms with Crippen LogP contribution in [0.15, 0.2) is 54.7 Å². The SMILES string of the molecule is Cc1nn(C)cc1-c1cccc(C(=O)N(C)[C@@H]2CCCc3ccccc32)c1. The topological polar surface area (TPSA) is 38.1 Å². The van der Waals surface area contributed by atoms with Gasteiger partial charge < -0.3 is 4.90 Å². The summed E-state index contributed by atoms with van der Waals surface area (Å²) < 4.78 is 1.81. The van der Waals surface area contributed by atoms with Crippen LogP contribution in [0.1, 0.15) is 46.1 Å². The van der Waals surface area contributed by atoms with Crippen LogP contribution in [0.2, 0.25) is 0 Å². The van der Waals surface area contributed by atoms with Crippen LogP contribution in [0.4, 0.5) is 0 Å². The molecule has 0 spiro atoms. The van der Waals surface area contributed by atoms with E-state index in [1.807, 2.05) is 61.1 Å². The van der Waals surface area contributed by atoms with Crippen molar-refractivity contribution in [2.75, 3.05) is 7.05 Å². The van der Waals surface area contributed by atoms with E-state index < -0.39 is 0 Å². The molecule has 138 valence electrons. The molecular weight excluding hydrogens is 334 g/mol. The summed E-state index contributed by atoms with van der Waals surface area (Å²) in [7, 11) is 3.84. The van der Waals surface area contributed by atoms with Gasteiger partial charge in [-0.15, -0.1) is 0 Å². The van der Waals surface area contributed by atoms with E-state index in [0.717, 1.165) is 41.6 Å². The number of aromatic nitrogens is 2. The van der Waals surface area contributed by atoms with Gasteiger partial charge in [-0.2, -0.15) is 5.10 Å². The number of aryl methyl sites for hydroxylation is 3. The van der Waals surface area contributed by atoms with Gasteiger partial charge in [-0.1, -0.05) is 36.4 Å². The van der Waals surface area contributed by atoms with Gasteiger partial charge in [0.1, 0.15) is 0 Å². The summed E-state index contributed by atoms with van der Waals surface area (Å²) in [4.78, 5) is 15.1. The average Bonchev–Trinajstić information content (AvgIpc) is 3.04. The van der Waals surface area contributed by atoms with Crippen molar-refractivity contribution in [3.8, 4) is 11.1 Å². The molecule has 4 nitrogen and oxygen atoms in total. The van der Waals surface area contributed by atoms with E-state index in [2.05, 4.69) is 29.4 Å². The van der Waals surface area contributed by atoms with Gasteiger partial charge in [0.2, 0.25) is 0 Å². The molecule has 1 aromatic heterocycles. The highest BCUT2D eigenvalue weighted by molar-refractivity contribution is 5.95. The molecule has 1 atom stereocenters. The lowest BCUT2D eigenvalue weighted by Crippen LogP contribution is -2.33. The normalized spacial score (nSPS) is 16.0. The van der Waals surface area contributed by atoms with Gasteiger partial charge in [0.05, 0.1) is 11.7 Å². The second-order valence-electron chi connectivity index (χ2n) is 7.41. The Kier molecular flexibility index (Phi) is 4.56. The van der Waals surface area contributed by atoms with Gasteiger partial charge in [-0.05, 0) is 55.0 Å². The van der Waals surface area contributed by atoms with Crippen LogP contribution in [0.25, 0.3) is 11.1 Å². The van der Waals surface area contributed by atoms with Crippen LogP contribution in [-0.4, -0.2) is 27.6 Å². The molecule has 0 saturated heterocycles. The highest BCUT2D eigenvalue weighted by atomic mass is 16.2. The fourth-order valence-electron chi connectivity index (χ4n) is 4.18. The molecule has 3 aromatic rings. The number of benzene rings is 2. The first-order chi connectivity index (χ1) is 13.0. The monoisotopic (exact) mass is 359 g/mol. The molecule has 0 unspecified atom stereocenters. The van der Waals surface area contributed by atoms with Crippen LogP contribution in [0.3, 0.4) is 0 Å². The van der Waals surface area contributed by atoms with Crippen molar-refractivity contribution in [3.63, 3.8) is 0 Å². The molecule has 27 heavy (non-hydrogen) atoms. The molecule has 0 aliphatic heterocycles. The molecule has 1 amide bonds. The molecule has 0 saturated carbocycles. The maximum absolute atomic E-state index is 13.2. The van der Waals surface area contributed by atoms with Crippen molar-refractivity contribution in [3.05, 3.63) is 77.1 Å². The van der Waals surface area contributed by atoms with Crippen LogP contribution in [-0.2, 0) is 13.5 Å². The lowest BCUT2D eigenvalue weighted by molar-refractivity contribution is 0.0715. The van der Waals surface area contributed by atoms with E-state index in [0.29, 0.717) is 0 Å². The van der Waals surface area contributed by atoms with Gasteiger partial charge >= 0.3 is 0 Å². The van der Waals surface area contributed by atoms with E-state index in [-0.39, 0.29) is 11.9 Å². The Morgan fingerprint density at radius 1 is 1.19 bits per heavy atom.